The molecule has 7 heteroatoms. The Balaban J connectivity index is 1.56. The number of hydrogen-bond donors (Lipinski definition) is 1. The second-order valence-electron chi connectivity index (χ2n) is 6.00. The van der Waals surface area contributed by atoms with Crippen LogP contribution in [0.3, 0.4) is 0 Å². The molecule has 26 heavy (non-hydrogen) atoms. The third kappa shape index (κ3) is 3.87. The number of pyridine rings is 1. The molecule has 3 aromatic rings. The van der Waals surface area contributed by atoms with Crippen LogP contribution in [0.2, 0.25) is 0 Å². The molecular weight excluding hydrogens is 343 g/mol. The summed E-state index contributed by atoms with van der Waals surface area (Å²) in [4.78, 5) is 15.6. The van der Waals surface area contributed by atoms with Gasteiger partial charge in [0.05, 0.1) is 11.3 Å². The molecule has 0 saturated carbocycles. The number of rotatable bonds is 5. The van der Waals surface area contributed by atoms with Crippen molar-refractivity contribution in [3.8, 4) is 0 Å². The summed E-state index contributed by atoms with van der Waals surface area (Å²) in [6.45, 7) is 2.56. The highest BCUT2D eigenvalue weighted by Crippen LogP contribution is 2.28. The third-order valence-corrected chi connectivity index (χ3v) is 4.16. The summed E-state index contributed by atoms with van der Waals surface area (Å²) in [7, 11) is 0. The van der Waals surface area contributed by atoms with E-state index in [-0.39, 0.29) is 11.3 Å². The lowest BCUT2D eigenvalue weighted by molar-refractivity contribution is -0.141. The fraction of sp³-hybridized carbons (Fsp3) is 0.263. The summed E-state index contributed by atoms with van der Waals surface area (Å²) in [5.41, 5.74) is 0.353. The van der Waals surface area contributed by atoms with Gasteiger partial charge in [0.25, 0.3) is 5.91 Å². The molecule has 0 spiro atoms. The SMILES string of the molecule is Cc1nc(C(F)(F)F)ccc1C(=O)NCCCn1ccc2ccccc21. The van der Waals surface area contributed by atoms with Crippen molar-refractivity contribution in [3.63, 3.8) is 0 Å². The number of para-hydroxylation sites is 1. The van der Waals surface area contributed by atoms with E-state index in [9.17, 15) is 18.0 Å². The summed E-state index contributed by atoms with van der Waals surface area (Å²) < 4.78 is 40.0. The zero-order valence-corrected chi connectivity index (χ0v) is 14.2. The molecule has 4 nitrogen and oxygen atoms in total. The lowest BCUT2D eigenvalue weighted by atomic mass is 10.1. The number of benzene rings is 1. The van der Waals surface area contributed by atoms with E-state index in [1.807, 2.05) is 36.5 Å². The van der Waals surface area contributed by atoms with Crippen molar-refractivity contribution in [1.29, 1.82) is 0 Å². The Bertz CT molecular complexity index is 931. The maximum absolute atomic E-state index is 12.6. The van der Waals surface area contributed by atoms with Gasteiger partial charge in [-0.1, -0.05) is 18.2 Å². The summed E-state index contributed by atoms with van der Waals surface area (Å²) >= 11 is 0. The second-order valence-corrected chi connectivity index (χ2v) is 6.00. The van der Waals surface area contributed by atoms with Crippen LogP contribution in [-0.4, -0.2) is 22.0 Å². The van der Waals surface area contributed by atoms with Crippen molar-refractivity contribution in [2.75, 3.05) is 6.54 Å². The molecule has 0 aliphatic heterocycles. The van der Waals surface area contributed by atoms with Crippen molar-refractivity contribution in [2.45, 2.75) is 26.1 Å². The Hall–Kier alpha value is -2.83. The number of halogens is 3. The number of carbonyl (C=O) groups excluding carboxylic acids is 1. The molecule has 0 atom stereocenters. The van der Waals surface area contributed by atoms with E-state index in [1.54, 1.807) is 0 Å². The third-order valence-electron chi connectivity index (χ3n) is 4.16. The number of carbonyl (C=O) groups is 1. The Morgan fingerprint density at radius 1 is 1.15 bits per heavy atom. The van der Waals surface area contributed by atoms with Gasteiger partial charge in [-0.2, -0.15) is 13.2 Å². The number of fused-ring (bicyclic) bond motifs is 1. The van der Waals surface area contributed by atoms with Gasteiger partial charge in [0.1, 0.15) is 5.69 Å². The average molecular weight is 361 g/mol. The van der Waals surface area contributed by atoms with E-state index in [1.165, 1.54) is 13.0 Å². The molecule has 2 aromatic heterocycles. The van der Waals surface area contributed by atoms with Gasteiger partial charge in [0, 0.05) is 24.8 Å². The summed E-state index contributed by atoms with van der Waals surface area (Å²) in [6, 6.07) is 12.0. The van der Waals surface area contributed by atoms with Crippen LogP contribution in [0, 0.1) is 6.92 Å². The van der Waals surface area contributed by atoms with Crippen LogP contribution in [0.15, 0.2) is 48.7 Å². The zero-order chi connectivity index (χ0) is 18.7. The Labute approximate surface area is 148 Å². The minimum Gasteiger partial charge on any atom is -0.352 e. The van der Waals surface area contributed by atoms with Crippen molar-refractivity contribution < 1.29 is 18.0 Å². The number of nitrogens with zero attached hydrogens (tertiary/aromatic N) is 2. The van der Waals surface area contributed by atoms with Crippen LogP contribution >= 0.6 is 0 Å². The van der Waals surface area contributed by atoms with E-state index in [2.05, 4.69) is 14.9 Å². The highest BCUT2D eigenvalue weighted by Gasteiger charge is 2.33. The molecule has 1 aromatic carbocycles. The van der Waals surface area contributed by atoms with Crippen molar-refractivity contribution in [2.24, 2.45) is 0 Å². The van der Waals surface area contributed by atoms with E-state index in [0.29, 0.717) is 13.0 Å². The monoisotopic (exact) mass is 361 g/mol. The van der Waals surface area contributed by atoms with Crippen molar-refractivity contribution in [1.82, 2.24) is 14.9 Å². The molecule has 0 saturated heterocycles. The van der Waals surface area contributed by atoms with E-state index in [0.717, 1.165) is 23.5 Å². The van der Waals surface area contributed by atoms with Gasteiger partial charge in [-0.15, -0.1) is 0 Å². The maximum Gasteiger partial charge on any atom is 0.433 e. The molecule has 1 amide bonds. The molecule has 2 heterocycles. The van der Waals surface area contributed by atoms with Gasteiger partial charge < -0.3 is 9.88 Å². The summed E-state index contributed by atoms with van der Waals surface area (Å²) in [5.74, 6) is -0.416. The number of aryl methyl sites for hydroxylation is 2. The second kappa shape index (κ2) is 7.19. The summed E-state index contributed by atoms with van der Waals surface area (Å²) in [5, 5.41) is 3.89. The zero-order valence-electron chi connectivity index (χ0n) is 14.2. The molecule has 0 aliphatic carbocycles. The van der Waals surface area contributed by atoms with Crippen LogP contribution in [0.5, 0.6) is 0 Å². The molecule has 0 radical (unpaired) electrons. The van der Waals surface area contributed by atoms with E-state index < -0.39 is 17.8 Å². The first kappa shape index (κ1) is 18.0. The molecule has 0 fully saturated rings. The van der Waals surface area contributed by atoms with Gasteiger partial charge in [0.15, 0.2) is 0 Å². The van der Waals surface area contributed by atoms with Crippen LogP contribution in [0.1, 0.15) is 28.2 Å². The lowest BCUT2D eigenvalue weighted by Gasteiger charge is -2.11. The number of amides is 1. The average Bonchev–Trinajstić information content (AvgIpc) is 3.01. The lowest BCUT2D eigenvalue weighted by Crippen LogP contribution is -2.26. The molecular formula is C19H18F3N3O. The summed E-state index contributed by atoms with van der Waals surface area (Å²) in [6.07, 6.45) is -1.81. The molecule has 3 rings (SSSR count). The van der Waals surface area contributed by atoms with Crippen molar-refractivity contribution in [3.05, 3.63) is 65.6 Å². The molecule has 136 valence electrons. The Morgan fingerprint density at radius 3 is 2.65 bits per heavy atom. The van der Waals surface area contributed by atoms with Crippen LogP contribution in [0.4, 0.5) is 13.2 Å². The molecule has 0 unspecified atom stereocenters. The largest absolute Gasteiger partial charge is 0.433 e. The first-order valence-electron chi connectivity index (χ1n) is 8.23. The maximum atomic E-state index is 12.6. The van der Waals surface area contributed by atoms with Crippen LogP contribution in [-0.2, 0) is 12.7 Å². The van der Waals surface area contributed by atoms with Gasteiger partial charge in [0.2, 0.25) is 0 Å². The Kier molecular flexibility index (Phi) is 4.97. The van der Waals surface area contributed by atoms with Crippen LogP contribution in [0.25, 0.3) is 10.9 Å². The first-order valence-corrected chi connectivity index (χ1v) is 8.23. The van der Waals surface area contributed by atoms with Crippen LogP contribution < -0.4 is 5.32 Å². The first-order chi connectivity index (χ1) is 12.4. The predicted octanol–water partition coefficient (Wildman–Crippen LogP) is 4.18. The number of alkyl halides is 3. The standard InChI is InChI=1S/C19H18F3N3O/c1-13-15(7-8-17(24-13)19(20,21)22)18(26)23-10-4-11-25-12-9-14-5-2-3-6-16(14)25/h2-3,5-9,12H,4,10-11H2,1H3,(H,23,26). The minimum atomic E-state index is -4.51. The fourth-order valence-corrected chi connectivity index (χ4v) is 2.84. The highest BCUT2D eigenvalue weighted by molar-refractivity contribution is 5.95. The molecule has 0 bridgehead atoms. The highest BCUT2D eigenvalue weighted by atomic mass is 19.4. The normalized spacial score (nSPS) is 11.7. The van der Waals surface area contributed by atoms with Gasteiger partial charge in [-0.3, -0.25) is 4.79 Å². The minimum absolute atomic E-state index is 0.0636. The topological polar surface area (TPSA) is 46.9 Å². The quantitative estimate of drug-likeness (QED) is 0.693. The molecule has 1 N–H and O–H groups in total. The molecule has 0 aliphatic rings. The van der Waals surface area contributed by atoms with E-state index in [4.69, 9.17) is 0 Å². The van der Waals surface area contributed by atoms with Gasteiger partial charge in [-0.05, 0) is 43.0 Å². The fourth-order valence-electron chi connectivity index (χ4n) is 2.84. The Morgan fingerprint density at radius 2 is 1.92 bits per heavy atom. The van der Waals surface area contributed by atoms with Gasteiger partial charge >= 0.3 is 6.18 Å². The number of nitrogens with one attached hydrogen (secondary N) is 1. The number of aromatic nitrogens is 2. The van der Waals surface area contributed by atoms with Crippen molar-refractivity contribution >= 4 is 16.8 Å². The van der Waals surface area contributed by atoms with Gasteiger partial charge in [-0.25, -0.2) is 4.98 Å². The predicted molar refractivity (Wildman–Crippen MR) is 92.9 cm³/mol. The number of hydrogen-bond acceptors (Lipinski definition) is 2. The smallest absolute Gasteiger partial charge is 0.352 e. The van der Waals surface area contributed by atoms with E-state index >= 15 is 0 Å².